The van der Waals surface area contributed by atoms with Crippen molar-refractivity contribution in [2.24, 2.45) is 11.8 Å². The molecule has 2 amide bonds. The molecule has 2 rings (SSSR count). The van der Waals surface area contributed by atoms with Gasteiger partial charge in [-0.2, -0.15) is 0 Å². The summed E-state index contributed by atoms with van der Waals surface area (Å²) in [5.41, 5.74) is 0. The van der Waals surface area contributed by atoms with E-state index in [0.29, 0.717) is 12.5 Å². The number of hydrogen-bond donors (Lipinski definition) is 1. The molecule has 2 aliphatic rings. The summed E-state index contributed by atoms with van der Waals surface area (Å²) in [6.45, 7) is 3.76. The van der Waals surface area contributed by atoms with Gasteiger partial charge in [0.15, 0.2) is 0 Å². The third-order valence-corrected chi connectivity index (χ3v) is 3.00. The molecule has 2 atom stereocenters. The largest absolute Gasteiger partial charge is 0.354 e. The summed E-state index contributed by atoms with van der Waals surface area (Å²) in [6.07, 6.45) is 1.87. The Bertz CT molecular complexity index is 265. The molecule has 1 N–H and O–H groups in total. The first-order chi connectivity index (χ1) is 6.68. The number of carbonyl (C=O) groups excluding carboxylic acids is 2. The lowest BCUT2D eigenvalue weighted by Gasteiger charge is -2.18. The van der Waals surface area contributed by atoms with Crippen LogP contribution in [-0.2, 0) is 9.59 Å². The number of carbonyl (C=O) groups is 2. The lowest BCUT2D eigenvalue weighted by atomic mass is 10.3. The zero-order chi connectivity index (χ0) is 10.1. The summed E-state index contributed by atoms with van der Waals surface area (Å²) in [4.78, 5) is 24.7. The number of hydrogen-bond acceptors (Lipinski definition) is 2. The normalized spacial score (nSPS) is 32.1. The van der Waals surface area contributed by atoms with Gasteiger partial charge in [-0.25, -0.2) is 0 Å². The lowest BCUT2D eigenvalue weighted by molar-refractivity contribution is -0.136. The molecule has 0 aromatic heterocycles. The highest BCUT2D eigenvalue weighted by Gasteiger charge is 2.41. The van der Waals surface area contributed by atoms with E-state index >= 15 is 0 Å². The number of nitrogens with one attached hydrogen (secondary N) is 1. The van der Waals surface area contributed by atoms with Gasteiger partial charge in [0, 0.05) is 19.0 Å². The predicted molar refractivity (Wildman–Crippen MR) is 51.5 cm³/mol. The second-order valence-corrected chi connectivity index (χ2v) is 4.28. The Morgan fingerprint density at radius 3 is 2.93 bits per heavy atom. The summed E-state index contributed by atoms with van der Waals surface area (Å²) in [5, 5.41) is 2.77. The maximum Gasteiger partial charge on any atom is 0.239 e. The summed E-state index contributed by atoms with van der Waals surface area (Å²) in [7, 11) is 0. The zero-order valence-corrected chi connectivity index (χ0v) is 8.45. The van der Waals surface area contributed by atoms with Crippen LogP contribution in [0.4, 0.5) is 0 Å². The van der Waals surface area contributed by atoms with Crippen molar-refractivity contribution >= 4 is 11.8 Å². The minimum absolute atomic E-state index is 0.0239. The van der Waals surface area contributed by atoms with Crippen molar-refractivity contribution in [2.45, 2.75) is 19.8 Å². The van der Waals surface area contributed by atoms with Crippen LogP contribution in [-0.4, -0.2) is 36.3 Å². The molecule has 1 saturated heterocycles. The average Bonchev–Trinajstić information content (AvgIpc) is 2.89. The summed E-state index contributed by atoms with van der Waals surface area (Å²) in [5.74, 6) is 0.869. The first kappa shape index (κ1) is 9.49. The van der Waals surface area contributed by atoms with Crippen molar-refractivity contribution < 1.29 is 9.59 Å². The molecule has 2 fully saturated rings. The lowest BCUT2D eigenvalue weighted by Crippen LogP contribution is -2.38. The van der Waals surface area contributed by atoms with E-state index in [0.717, 1.165) is 19.4 Å². The van der Waals surface area contributed by atoms with Gasteiger partial charge in [0.25, 0.3) is 0 Å². The van der Waals surface area contributed by atoms with E-state index < -0.39 is 0 Å². The van der Waals surface area contributed by atoms with Gasteiger partial charge < -0.3 is 10.2 Å². The fourth-order valence-corrected chi connectivity index (χ4v) is 1.89. The van der Waals surface area contributed by atoms with Crippen LogP contribution in [0.15, 0.2) is 0 Å². The Morgan fingerprint density at radius 2 is 2.29 bits per heavy atom. The quantitative estimate of drug-likeness (QED) is 0.641. The number of rotatable bonds is 1. The first-order valence-corrected chi connectivity index (χ1v) is 5.24. The van der Waals surface area contributed by atoms with Crippen molar-refractivity contribution in [3.63, 3.8) is 0 Å². The molecule has 0 spiro atoms. The van der Waals surface area contributed by atoms with Gasteiger partial charge in [0.1, 0.15) is 0 Å². The SMILES string of the molecule is CC1CC1C(=O)N1CCCNC(=O)C1. The van der Waals surface area contributed by atoms with Crippen LogP contribution >= 0.6 is 0 Å². The Hall–Kier alpha value is -1.06. The second-order valence-electron chi connectivity index (χ2n) is 4.28. The molecular formula is C10H16N2O2. The van der Waals surface area contributed by atoms with E-state index in [9.17, 15) is 9.59 Å². The van der Waals surface area contributed by atoms with E-state index in [-0.39, 0.29) is 24.3 Å². The molecule has 0 radical (unpaired) electrons. The van der Waals surface area contributed by atoms with Crippen molar-refractivity contribution in [3.05, 3.63) is 0 Å². The molecule has 4 nitrogen and oxygen atoms in total. The van der Waals surface area contributed by atoms with Gasteiger partial charge in [-0.05, 0) is 18.8 Å². The summed E-state index contributed by atoms with van der Waals surface area (Å²) in [6, 6.07) is 0. The monoisotopic (exact) mass is 196 g/mol. The van der Waals surface area contributed by atoms with E-state index in [1.807, 2.05) is 0 Å². The third kappa shape index (κ3) is 1.89. The Labute approximate surface area is 83.6 Å². The first-order valence-electron chi connectivity index (χ1n) is 5.24. The van der Waals surface area contributed by atoms with Crippen LogP contribution in [0, 0.1) is 11.8 Å². The van der Waals surface area contributed by atoms with Gasteiger partial charge in [-0.15, -0.1) is 0 Å². The molecule has 1 heterocycles. The Morgan fingerprint density at radius 1 is 1.57 bits per heavy atom. The zero-order valence-electron chi connectivity index (χ0n) is 8.45. The highest BCUT2D eigenvalue weighted by molar-refractivity contribution is 5.87. The Balaban J connectivity index is 1.94. The molecule has 1 saturated carbocycles. The van der Waals surface area contributed by atoms with Gasteiger partial charge >= 0.3 is 0 Å². The standard InChI is InChI=1S/C10H16N2O2/c1-7-5-8(7)10(14)12-4-2-3-11-9(13)6-12/h7-8H,2-6H2,1H3,(H,11,13). The van der Waals surface area contributed by atoms with Crippen molar-refractivity contribution in [2.75, 3.05) is 19.6 Å². The maximum absolute atomic E-state index is 11.8. The number of nitrogens with zero attached hydrogens (tertiary/aromatic N) is 1. The molecule has 4 heteroatoms. The molecular weight excluding hydrogens is 180 g/mol. The van der Waals surface area contributed by atoms with Gasteiger partial charge in [-0.1, -0.05) is 6.92 Å². The third-order valence-electron chi connectivity index (χ3n) is 3.00. The fraction of sp³-hybridized carbons (Fsp3) is 0.800. The van der Waals surface area contributed by atoms with Crippen LogP contribution in [0.25, 0.3) is 0 Å². The highest BCUT2D eigenvalue weighted by atomic mass is 16.2. The minimum atomic E-state index is -0.0239. The Kier molecular flexibility index (Phi) is 2.44. The van der Waals surface area contributed by atoms with Crippen LogP contribution in [0.2, 0.25) is 0 Å². The molecule has 0 bridgehead atoms. The molecule has 1 aliphatic heterocycles. The summed E-state index contributed by atoms with van der Waals surface area (Å²) < 4.78 is 0. The predicted octanol–water partition coefficient (Wildman–Crippen LogP) is -0.00910. The second kappa shape index (κ2) is 3.59. The molecule has 2 unspecified atom stereocenters. The van der Waals surface area contributed by atoms with E-state index in [2.05, 4.69) is 12.2 Å². The summed E-state index contributed by atoms with van der Waals surface area (Å²) >= 11 is 0. The van der Waals surface area contributed by atoms with E-state index in [1.165, 1.54) is 0 Å². The highest BCUT2D eigenvalue weighted by Crippen LogP contribution is 2.39. The molecule has 0 aromatic rings. The average molecular weight is 196 g/mol. The topological polar surface area (TPSA) is 49.4 Å². The van der Waals surface area contributed by atoms with Gasteiger partial charge in [-0.3, -0.25) is 9.59 Å². The molecule has 78 valence electrons. The van der Waals surface area contributed by atoms with Crippen molar-refractivity contribution in [1.29, 1.82) is 0 Å². The fourth-order valence-electron chi connectivity index (χ4n) is 1.89. The van der Waals surface area contributed by atoms with Crippen molar-refractivity contribution in [3.8, 4) is 0 Å². The van der Waals surface area contributed by atoms with Crippen LogP contribution in [0.3, 0.4) is 0 Å². The molecule has 0 aromatic carbocycles. The minimum Gasteiger partial charge on any atom is -0.354 e. The van der Waals surface area contributed by atoms with Crippen LogP contribution in [0.5, 0.6) is 0 Å². The maximum atomic E-state index is 11.8. The number of amides is 2. The van der Waals surface area contributed by atoms with Crippen LogP contribution in [0.1, 0.15) is 19.8 Å². The van der Waals surface area contributed by atoms with Crippen molar-refractivity contribution in [1.82, 2.24) is 10.2 Å². The van der Waals surface area contributed by atoms with Gasteiger partial charge in [0.05, 0.1) is 6.54 Å². The van der Waals surface area contributed by atoms with Crippen LogP contribution < -0.4 is 5.32 Å². The smallest absolute Gasteiger partial charge is 0.239 e. The van der Waals surface area contributed by atoms with E-state index in [4.69, 9.17) is 0 Å². The van der Waals surface area contributed by atoms with Gasteiger partial charge in [0.2, 0.25) is 11.8 Å². The van der Waals surface area contributed by atoms with E-state index in [1.54, 1.807) is 4.90 Å². The molecule has 14 heavy (non-hydrogen) atoms. The molecule has 1 aliphatic carbocycles.